The van der Waals surface area contributed by atoms with Gasteiger partial charge in [0.05, 0.1) is 26.2 Å². The number of ketones is 1. The standard InChI is InChI=1S/C24H26N2O7S/c1-31-20-11-14(12-21(32-2)24(20)33-3)17-13-22(28)26(18-5-4-6-19(27)23(17)18)15-7-9-16(10-8-15)34(25,29)30/h7-12,17H,4-6,13H2,1-3H3,(H2,25,29,30). The van der Waals surface area contributed by atoms with Crippen molar-refractivity contribution in [2.45, 2.75) is 36.5 Å². The van der Waals surface area contributed by atoms with Crippen molar-refractivity contribution < 1.29 is 32.2 Å². The Morgan fingerprint density at radius 2 is 1.56 bits per heavy atom. The van der Waals surface area contributed by atoms with Gasteiger partial charge in [0.1, 0.15) is 0 Å². The molecule has 2 aromatic carbocycles. The lowest BCUT2D eigenvalue weighted by Gasteiger charge is -2.38. The number of hydrogen-bond donors (Lipinski definition) is 1. The fraction of sp³-hybridized carbons (Fsp3) is 0.333. The van der Waals surface area contributed by atoms with Gasteiger partial charge in [-0.15, -0.1) is 0 Å². The Labute approximate surface area is 198 Å². The Hall–Kier alpha value is -3.37. The predicted molar refractivity (Wildman–Crippen MR) is 125 cm³/mol. The average Bonchev–Trinajstić information content (AvgIpc) is 2.82. The first-order valence-electron chi connectivity index (χ1n) is 10.7. The smallest absolute Gasteiger partial charge is 0.238 e. The van der Waals surface area contributed by atoms with Crippen LogP contribution in [0.1, 0.15) is 37.2 Å². The highest BCUT2D eigenvalue weighted by Gasteiger charge is 2.40. The molecular formula is C24H26N2O7S. The van der Waals surface area contributed by atoms with E-state index in [0.29, 0.717) is 53.5 Å². The Kier molecular flexibility index (Phi) is 6.37. The lowest BCUT2D eigenvalue weighted by atomic mass is 9.77. The number of ether oxygens (including phenoxy) is 3. The largest absolute Gasteiger partial charge is 0.493 e. The highest BCUT2D eigenvalue weighted by molar-refractivity contribution is 7.89. The maximum absolute atomic E-state index is 13.4. The van der Waals surface area contributed by atoms with Crippen molar-refractivity contribution in [1.29, 1.82) is 0 Å². The first kappa shape index (κ1) is 23.8. The summed E-state index contributed by atoms with van der Waals surface area (Å²) in [4.78, 5) is 28.0. The van der Waals surface area contributed by atoms with Gasteiger partial charge in [-0.05, 0) is 54.8 Å². The number of carbonyl (C=O) groups excluding carboxylic acids is 2. The number of amides is 1. The summed E-state index contributed by atoms with van der Waals surface area (Å²) >= 11 is 0. The van der Waals surface area contributed by atoms with E-state index in [4.69, 9.17) is 19.3 Å². The van der Waals surface area contributed by atoms with Gasteiger partial charge < -0.3 is 14.2 Å². The van der Waals surface area contributed by atoms with Crippen LogP contribution in [0, 0.1) is 0 Å². The van der Waals surface area contributed by atoms with Gasteiger partial charge in [-0.3, -0.25) is 14.5 Å². The van der Waals surface area contributed by atoms with E-state index in [9.17, 15) is 18.0 Å². The van der Waals surface area contributed by atoms with Crippen molar-refractivity contribution in [2.24, 2.45) is 5.14 Å². The quantitative estimate of drug-likeness (QED) is 0.665. The minimum absolute atomic E-state index is 0.0151. The lowest BCUT2D eigenvalue weighted by molar-refractivity contribution is -0.119. The number of benzene rings is 2. The van der Waals surface area contributed by atoms with E-state index in [0.717, 1.165) is 5.56 Å². The molecule has 1 amide bonds. The molecule has 1 heterocycles. The molecule has 0 bridgehead atoms. The summed E-state index contributed by atoms with van der Waals surface area (Å²) in [6, 6.07) is 9.30. The van der Waals surface area contributed by atoms with Crippen LogP contribution in [0.2, 0.25) is 0 Å². The summed E-state index contributed by atoms with van der Waals surface area (Å²) in [6.45, 7) is 0. The van der Waals surface area contributed by atoms with Crippen LogP contribution in [-0.2, 0) is 19.6 Å². The molecule has 1 unspecified atom stereocenters. The Balaban J connectivity index is 1.85. The van der Waals surface area contributed by atoms with E-state index < -0.39 is 15.9 Å². The minimum Gasteiger partial charge on any atom is -0.493 e. The normalized spacial score (nSPS) is 18.6. The molecule has 2 aliphatic rings. The van der Waals surface area contributed by atoms with Crippen LogP contribution in [0.15, 0.2) is 52.6 Å². The number of rotatable bonds is 6. The number of allylic oxidation sites excluding steroid dienone is 2. The summed E-state index contributed by atoms with van der Waals surface area (Å²) in [5.74, 6) is 0.626. The summed E-state index contributed by atoms with van der Waals surface area (Å²) in [6.07, 6.45) is 1.62. The molecule has 1 aliphatic heterocycles. The molecule has 180 valence electrons. The van der Waals surface area contributed by atoms with Crippen molar-refractivity contribution in [1.82, 2.24) is 0 Å². The number of methoxy groups -OCH3 is 3. The van der Waals surface area contributed by atoms with Gasteiger partial charge in [-0.25, -0.2) is 13.6 Å². The third kappa shape index (κ3) is 4.14. The fourth-order valence-electron chi connectivity index (χ4n) is 4.66. The second-order valence-corrected chi connectivity index (χ2v) is 9.68. The van der Waals surface area contributed by atoms with E-state index in [1.807, 2.05) is 0 Å². The van der Waals surface area contributed by atoms with Crippen molar-refractivity contribution in [2.75, 3.05) is 26.2 Å². The highest BCUT2D eigenvalue weighted by Crippen LogP contribution is 2.47. The van der Waals surface area contributed by atoms with Crippen molar-refractivity contribution in [3.63, 3.8) is 0 Å². The Bertz CT molecular complexity index is 1260. The van der Waals surface area contributed by atoms with Crippen LogP contribution < -0.4 is 24.2 Å². The summed E-state index contributed by atoms with van der Waals surface area (Å²) in [5, 5.41) is 5.20. The van der Waals surface area contributed by atoms with Crippen LogP contribution in [0.25, 0.3) is 0 Å². The number of anilines is 1. The van der Waals surface area contributed by atoms with E-state index >= 15 is 0 Å². The van der Waals surface area contributed by atoms with Gasteiger partial charge in [-0.1, -0.05) is 0 Å². The summed E-state index contributed by atoms with van der Waals surface area (Å²) in [7, 11) is 0.666. The number of carbonyl (C=O) groups is 2. The van der Waals surface area contributed by atoms with Gasteiger partial charge in [0.15, 0.2) is 17.3 Å². The van der Waals surface area contributed by atoms with Gasteiger partial charge in [0.25, 0.3) is 0 Å². The zero-order valence-electron chi connectivity index (χ0n) is 19.2. The van der Waals surface area contributed by atoms with E-state index in [2.05, 4.69) is 0 Å². The molecule has 2 aromatic rings. The molecule has 34 heavy (non-hydrogen) atoms. The molecule has 0 saturated carbocycles. The molecule has 1 atom stereocenters. The Morgan fingerprint density at radius 3 is 2.09 bits per heavy atom. The van der Waals surface area contributed by atoms with Crippen molar-refractivity contribution >= 4 is 27.4 Å². The zero-order valence-corrected chi connectivity index (χ0v) is 20.0. The molecule has 0 fully saturated rings. The number of primary sulfonamides is 1. The molecular weight excluding hydrogens is 460 g/mol. The van der Waals surface area contributed by atoms with Crippen LogP contribution in [-0.4, -0.2) is 41.4 Å². The second-order valence-electron chi connectivity index (χ2n) is 8.12. The van der Waals surface area contributed by atoms with Gasteiger partial charge >= 0.3 is 0 Å². The number of hydrogen-bond acceptors (Lipinski definition) is 7. The number of nitrogens with zero attached hydrogens (tertiary/aromatic N) is 1. The zero-order chi connectivity index (χ0) is 24.6. The van der Waals surface area contributed by atoms with Crippen LogP contribution in [0.3, 0.4) is 0 Å². The van der Waals surface area contributed by atoms with Crippen LogP contribution in [0.4, 0.5) is 5.69 Å². The van der Waals surface area contributed by atoms with Gasteiger partial charge in [0.2, 0.25) is 21.7 Å². The van der Waals surface area contributed by atoms with E-state index in [1.165, 1.54) is 50.5 Å². The molecule has 10 heteroatoms. The first-order chi connectivity index (χ1) is 16.2. The predicted octanol–water partition coefficient (Wildman–Crippen LogP) is 2.89. The SMILES string of the molecule is COc1cc(C2CC(=O)N(c3ccc(S(N)(=O)=O)cc3)C3=C2C(=O)CCC3)cc(OC)c1OC. The molecule has 0 radical (unpaired) electrons. The maximum Gasteiger partial charge on any atom is 0.238 e. The van der Waals surface area contributed by atoms with Gasteiger partial charge in [-0.2, -0.15) is 0 Å². The number of Topliss-reactive ketones (excluding diaryl/α,β-unsaturated/α-hetero) is 1. The van der Waals surface area contributed by atoms with Crippen molar-refractivity contribution in [3.05, 3.63) is 53.2 Å². The maximum atomic E-state index is 13.4. The van der Waals surface area contributed by atoms with Crippen molar-refractivity contribution in [3.8, 4) is 17.2 Å². The number of nitrogens with two attached hydrogens (primary N) is 1. The van der Waals surface area contributed by atoms with E-state index in [1.54, 1.807) is 12.1 Å². The summed E-state index contributed by atoms with van der Waals surface area (Å²) < 4.78 is 39.6. The Morgan fingerprint density at radius 1 is 0.941 bits per heavy atom. The molecule has 9 nitrogen and oxygen atoms in total. The highest BCUT2D eigenvalue weighted by atomic mass is 32.2. The molecule has 4 rings (SSSR count). The van der Waals surface area contributed by atoms with Crippen LogP contribution in [0.5, 0.6) is 17.2 Å². The molecule has 0 saturated heterocycles. The monoisotopic (exact) mass is 486 g/mol. The third-order valence-corrected chi connectivity index (χ3v) is 7.12. The third-order valence-electron chi connectivity index (χ3n) is 6.19. The van der Waals surface area contributed by atoms with E-state index in [-0.39, 0.29) is 23.0 Å². The molecule has 1 aliphatic carbocycles. The molecule has 0 aromatic heterocycles. The fourth-order valence-corrected chi connectivity index (χ4v) is 5.18. The van der Waals surface area contributed by atoms with Gasteiger partial charge in [0, 0.05) is 35.7 Å². The number of sulfonamides is 1. The molecule has 2 N–H and O–H groups in total. The topological polar surface area (TPSA) is 125 Å². The first-order valence-corrected chi connectivity index (χ1v) is 12.3. The second kappa shape index (κ2) is 9.11. The average molecular weight is 487 g/mol. The summed E-state index contributed by atoms with van der Waals surface area (Å²) in [5.41, 5.74) is 2.42. The minimum atomic E-state index is -3.86. The van der Waals surface area contributed by atoms with Crippen LogP contribution >= 0.6 is 0 Å². The molecule has 0 spiro atoms. The lowest BCUT2D eigenvalue weighted by Crippen LogP contribution is -2.40.